The van der Waals surface area contributed by atoms with Crippen molar-refractivity contribution in [3.05, 3.63) is 59.9 Å². The lowest BCUT2D eigenvalue weighted by Gasteiger charge is -2.23. The topological polar surface area (TPSA) is 29.5 Å². The van der Waals surface area contributed by atoms with Crippen molar-refractivity contribution >= 4 is 11.6 Å². The lowest BCUT2D eigenvalue weighted by Crippen LogP contribution is -2.32. The zero-order valence-electron chi connectivity index (χ0n) is 12.9. The second-order valence-electron chi connectivity index (χ2n) is 5.00. The highest BCUT2D eigenvalue weighted by molar-refractivity contribution is 6.06. The minimum atomic E-state index is -0.531. The number of anilines is 1. The zero-order chi connectivity index (χ0) is 15.9. The Balaban J connectivity index is 2.31. The molecule has 0 heterocycles. The molecule has 0 saturated carbocycles. The molecule has 0 fully saturated rings. The molecule has 1 amide bonds. The molecule has 0 N–H and O–H groups in total. The molecule has 2 rings (SSSR count). The van der Waals surface area contributed by atoms with Crippen LogP contribution in [0.5, 0.6) is 5.75 Å². The lowest BCUT2D eigenvalue weighted by atomic mass is 10.1. The molecule has 0 unspecified atom stereocenters. The van der Waals surface area contributed by atoms with Gasteiger partial charge in [0, 0.05) is 17.8 Å². The van der Waals surface area contributed by atoms with Crippen LogP contribution in [0.2, 0.25) is 0 Å². The van der Waals surface area contributed by atoms with E-state index in [0.29, 0.717) is 12.1 Å². The Kier molecular flexibility index (Phi) is 5.53. The third-order valence-corrected chi connectivity index (χ3v) is 3.45. The van der Waals surface area contributed by atoms with Crippen molar-refractivity contribution < 1.29 is 13.9 Å². The summed E-state index contributed by atoms with van der Waals surface area (Å²) in [6.45, 7) is 2.67. The number of para-hydroxylation sites is 1. The first kappa shape index (κ1) is 16.0. The number of hydrogen-bond acceptors (Lipinski definition) is 2. The Hall–Kier alpha value is -2.36. The van der Waals surface area contributed by atoms with E-state index >= 15 is 0 Å². The lowest BCUT2D eigenvalue weighted by molar-refractivity contribution is 0.0986. The standard InChI is InChI=1S/C18H20FNO2/c1-3-4-12-20(15-8-6-5-7-9-15)18(21)14-10-11-17(22-2)16(19)13-14/h5-11,13H,3-4,12H2,1-2H3. The summed E-state index contributed by atoms with van der Waals surface area (Å²) in [6, 6.07) is 13.7. The van der Waals surface area contributed by atoms with Gasteiger partial charge in [-0.3, -0.25) is 4.79 Å². The Morgan fingerprint density at radius 1 is 1.18 bits per heavy atom. The predicted molar refractivity (Wildman–Crippen MR) is 86.0 cm³/mol. The van der Waals surface area contributed by atoms with Gasteiger partial charge in [-0.25, -0.2) is 4.39 Å². The third-order valence-electron chi connectivity index (χ3n) is 3.45. The second kappa shape index (κ2) is 7.59. The van der Waals surface area contributed by atoms with Crippen LogP contribution in [0.3, 0.4) is 0 Å². The van der Waals surface area contributed by atoms with Crippen LogP contribution in [0, 0.1) is 5.82 Å². The average Bonchev–Trinajstić information content (AvgIpc) is 2.56. The molecule has 116 valence electrons. The molecule has 0 aromatic heterocycles. The van der Waals surface area contributed by atoms with Gasteiger partial charge >= 0.3 is 0 Å². The van der Waals surface area contributed by atoms with Gasteiger partial charge in [0.25, 0.3) is 5.91 Å². The van der Waals surface area contributed by atoms with E-state index in [1.165, 1.54) is 19.2 Å². The van der Waals surface area contributed by atoms with E-state index in [-0.39, 0.29) is 11.7 Å². The van der Waals surface area contributed by atoms with Gasteiger partial charge in [-0.15, -0.1) is 0 Å². The quantitative estimate of drug-likeness (QED) is 0.797. The monoisotopic (exact) mass is 301 g/mol. The van der Waals surface area contributed by atoms with Gasteiger partial charge < -0.3 is 9.64 Å². The van der Waals surface area contributed by atoms with E-state index in [9.17, 15) is 9.18 Å². The number of amides is 1. The van der Waals surface area contributed by atoms with Crippen molar-refractivity contribution in [1.82, 2.24) is 0 Å². The van der Waals surface area contributed by atoms with Crippen molar-refractivity contribution in [1.29, 1.82) is 0 Å². The van der Waals surface area contributed by atoms with Crippen LogP contribution in [0.1, 0.15) is 30.1 Å². The molecule has 2 aromatic carbocycles. The summed E-state index contributed by atoms with van der Waals surface area (Å²) < 4.78 is 18.7. The summed E-state index contributed by atoms with van der Waals surface area (Å²) in [5.41, 5.74) is 1.13. The number of hydrogen-bond donors (Lipinski definition) is 0. The van der Waals surface area contributed by atoms with Crippen molar-refractivity contribution in [2.45, 2.75) is 19.8 Å². The van der Waals surface area contributed by atoms with Gasteiger partial charge in [-0.05, 0) is 36.8 Å². The highest BCUT2D eigenvalue weighted by Gasteiger charge is 2.18. The van der Waals surface area contributed by atoms with E-state index < -0.39 is 5.82 Å². The maximum atomic E-state index is 13.8. The van der Waals surface area contributed by atoms with E-state index in [4.69, 9.17) is 4.74 Å². The molecule has 0 aliphatic heterocycles. The Bertz CT molecular complexity index is 628. The Morgan fingerprint density at radius 3 is 2.50 bits per heavy atom. The molecule has 22 heavy (non-hydrogen) atoms. The number of carbonyl (C=O) groups excluding carboxylic acids is 1. The van der Waals surface area contributed by atoms with Crippen molar-refractivity contribution in [3.8, 4) is 5.75 Å². The summed E-state index contributed by atoms with van der Waals surface area (Å²) in [5, 5.41) is 0. The first-order chi connectivity index (χ1) is 10.7. The number of carbonyl (C=O) groups is 1. The maximum absolute atomic E-state index is 13.8. The van der Waals surface area contributed by atoms with Crippen molar-refractivity contribution in [3.63, 3.8) is 0 Å². The number of methoxy groups -OCH3 is 1. The zero-order valence-corrected chi connectivity index (χ0v) is 12.9. The highest BCUT2D eigenvalue weighted by atomic mass is 19.1. The molecule has 3 nitrogen and oxygen atoms in total. The summed E-state index contributed by atoms with van der Waals surface area (Å²) >= 11 is 0. The van der Waals surface area contributed by atoms with E-state index in [0.717, 1.165) is 18.5 Å². The number of ether oxygens (including phenoxy) is 1. The fourth-order valence-electron chi connectivity index (χ4n) is 2.23. The summed E-state index contributed by atoms with van der Waals surface area (Å²) in [7, 11) is 1.40. The molecule has 0 bridgehead atoms. The molecule has 4 heteroatoms. The van der Waals surface area contributed by atoms with Gasteiger partial charge in [-0.2, -0.15) is 0 Å². The first-order valence-corrected chi connectivity index (χ1v) is 7.37. The minimum absolute atomic E-state index is 0.136. The van der Waals surface area contributed by atoms with Gasteiger partial charge in [-0.1, -0.05) is 31.5 Å². The van der Waals surface area contributed by atoms with Crippen molar-refractivity contribution in [2.24, 2.45) is 0 Å². The molecule has 0 saturated heterocycles. The molecule has 2 aromatic rings. The summed E-state index contributed by atoms with van der Waals surface area (Å²) in [6.07, 6.45) is 1.87. The van der Waals surface area contributed by atoms with Crippen LogP contribution in [0.25, 0.3) is 0 Å². The van der Waals surface area contributed by atoms with Crippen molar-refractivity contribution in [2.75, 3.05) is 18.6 Å². The predicted octanol–water partition coefficient (Wildman–Crippen LogP) is 4.28. The molecule has 0 atom stereocenters. The number of rotatable bonds is 6. The number of nitrogens with zero attached hydrogens (tertiary/aromatic N) is 1. The first-order valence-electron chi connectivity index (χ1n) is 7.37. The molecule has 0 spiro atoms. The SMILES string of the molecule is CCCCN(C(=O)c1ccc(OC)c(F)c1)c1ccccc1. The normalized spacial score (nSPS) is 10.3. The third kappa shape index (κ3) is 3.64. The Labute approximate surface area is 130 Å². The number of unbranched alkanes of at least 4 members (excludes halogenated alkanes) is 1. The minimum Gasteiger partial charge on any atom is -0.494 e. The van der Waals surface area contributed by atoms with E-state index in [1.54, 1.807) is 11.0 Å². The summed E-state index contributed by atoms with van der Waals surface area (Å²) in [4.78, 5) is 14.4. The fourth-order valence-corrected chi connectivity index (χ4v) is 2.23. The van der Waals surface area contributed by atoms with Crippen LogP contribution in [0.15, 0.2) is 48.5 Å². The maximum Gasteiger partial charge on any atom is 0.258 e. The van der Waals surface area contributed by atoms with Crippen LogP contribution in [0.4, 0.5) is 10.1 Å². The van der Waals surface area contributed by atoms with Gasteiger partial charge in [0.15, 0.2) is 11.6 Å². The molecular weight excluding hydrogens is 281 g/mol. The average molecular weight is 301 g/mol. The van der Waals surface area contributed by atoms with Crippen LogP contribution in [-0.2, 0) is 0 Å². The van der Waals surface area contributed by atoms with Gasteiger partial charge in [0.1, 0.15) is 0 Å². The van der Waals surface area contributed by atoms with E-state index in [2.05, 4.69) is 6.92 Å². The fraction of sp³-hybridized carbons (Fsp3) is 0.278. The van der Waals surface area contributed by atoms with Crippen LogP contribution in [-0.4, -0.2) is 19.6 Å². The van der Waals surface area contributed by atoms with Gasteiger partial charge in [0.2, 0.25) is 0 Å². The summed E-state index contributed by atoms with van der Waals surface area (Å²) in [5.74, 6) is -0.602. The van der Waals surface area contributed by atoms with Crippen LogP contribution >= 0.6 is 0 Å². The number of halogens is 1. The molecular formula is C18H20FNO2. The Morgan fingerprint density at radius 2 is 1.91 bits per heavy atom. The highest BCUT2D eigenvalue weighted by Crippen LogP contribution is 2.22. The molecule has 0 aliphatic rings. The number of benzene rings is 2. The van der Waals surface area contributed by atoms with Gasteiger partial charge in [0.05, 0.1) is 7.11 Å². The van der Waals surface area contributed by atoms with E-state index in [1.807, 2.05) is 30.3 Å². The largest absolute Gasteiger partial charge is 0.494 e. The molecule has 0 aliphatic carbocycles. The van der Waals surface area contributed by atoms with Crippen LogP contribution < -0.4 is 9.64 Å². The smallest absolute Gasteiger partial charge is 0.258 e. The molecule has 0 radical (unpaired) electrons. The second-order valence-corrected chi connectivity index (χ2v) is 5.00.